The summed E-state index contributed by atoms with van der Waals surface area (Å²) in [5.74, 6) is 1.91. The molecule has 1 saturated heterocycles. The summed E-state index contributed by atoms with van der Waals surface area (Å²) in [5.41, 5.74) is 1.23. The average Bonchev–Trinajstić information content (AvgIpc) is 3.43. The molecule has 152 valence electrons. The number of furan rings is 1. The number of hydrogen-bond donors (Lipinski definition) is 2. The molecule has 28 heavy (non-hydrogen) atoms. The van der Waals surface area contributed by atoms with Gasteiger partial charge in [0.2, 0.25) is 0 Å². The Kier molecular flexibility index (Phi) is 8.21. The molecule has 5 nitrogen and oxygen atoms in total. The minimum absolute atomic E-state index is 0. The molecule has 0 amide bonds. The van der Waals surface area contributed by atoms with Crippen LogP contribution in [-0.2, 0) is 13.0 Å². The summed E-state index contributed by atoms with van der Waals surface area (Å²) >= 11 is 0. The summed E-state index contributed by atoms with van der Waals surface area (Å²) < 4.78 is 5.43. The Morgan fingerprint density at radius 1 is 1.04 bits per heavy atom. The van der Waals surface area contributed by atoms with E-state index in [1.807, 2.05) is 18.2 Å². The predicted octanol–water partition coefficient (Wildman–Crippen LogP) is 3.80. The molecule has 2 heterocycles. The molecule has 0 spiro atoms. The molecule has 1 aliphatic heterocycles. The fourth-order valence-corrected chi connectivity index (χ4v) is 3.71. The van der Waals surface area contributed by atoms with E-state index in [2.05, 4.69) is 39.8 Å². The molecule has 0 bridgehead atoms. The van der Waals surface area contributed by atoms with Crippen molar-refractivity contribution in [3.8, 4) is 0 Å². The van der Waals surface area contributed by atoms with Gasteiger partial charge in [-0.2, -0.15) is 0 Å². The Morgan fingerprint density at radius 2 is 1.82 bits per heavy atom. The Bertz CT molecular complexity index is 707. The lowest BCUT2D eigenvalue weighted by Gasteiger charge is -2.33. The van der Waals surface area contributed by atoms with Gasteiger partial charge in [-0.05, 0) is 43.4 Å². The summed E-state index contributed by atoms with van der Waals surface area (Å²) in [5, 5.41) is 7.15. The van der Waals surface area contributed by atoms with Gasteiger partial charge in [-0.1, -0.05) is 30.3 Å². The zero-order valence-electron chi connectivity index (χ0n) is 16.3. The maximum absolute atomic E-state index is 5.43. The highest BCUT2D eigenvalue weighted by Gasteiger charge is 2.31. The van der Waals surface area contributed by atoms with E-state index < -0.39 is 0 Å². The Morgan fingerprint density at radius 3 is 2.50 bits per heavy atom. The van der Waals surface area contributed by atoms with Crippen molar-refractivity contribution in [2.75, 3.05) is 19.6 Å². The van der Waals surface area contributed by atoms with Crippen molar-refractivity contribution >= 4 is 29.9 Å². The summed E-state index contributed by atoms with van der Waals surface area (Å²) in [6.07, 6.45) is 7.78. The molecule has 1 aliphatic carbocycles. The molecule has 2 N–H and O–H groups in total. The SMILES string of the molecule is I.c1ccc(CN=C(NCCc2ccco2)NC2CCN(C3CC3)CC2)cc1. The Balaban J connectivity index is 0.00000225. The molecule has 1 saturated carbocycles. The number of nitrogens with zero attached hydrogens (tertiary/aromatic N) is 2. The molecule has 2 aliphatic rings. The lowest BCUT2D eigenvalue weighted by Crippen LogP contribution is -2.49. The van der Waals surface area contributed by atoms with Crippen LogP contribution < -0.4 is 10.6 Å². The standard InChI is InChI=1S/C22H30N4O.HI/c1-2-5-18(6-3-1)17-24-22(23-13-10-21-7-4-16-27-21)25-19-11-14-26(15-12-19)20-8-9-20;/h1-7,16,19-20H,8-15,17H2,(H2,23,24,25);1H. The van der Waals surface area contributed by atoms with E-state index in [0.29, 0.717) is 12.6 Å². The summed E-state index contributed by atoms with van der Waals surface area (Å²) in [4.78, 5) is 7.48. The number of benzene rings is 1. The summed E-state index contributed by atoms with van der Waals surface area (Å²) in [7, 11) is 0. The first kappa shape index (κ1) is 21.2. The van der Waals surface area contributed by atoms with Gasteiger partial charge >= 0.3 is 0 Å². The average molecular weight is 494 g/mol. The molecule has 1 aromatic heterocycles. The number of guanidine groups is 1. The number of nitrogens with one attached hydrogen (secondary N) is 2. The second-order valence-corrected chi connectivity index (χ2v) is 7.59. The molecular weight excluding hydrogens is 463 g/mol. The quantitative estimate of drug-likeness (QED) is 0.350. The highest BCUT2D eigenvalue weighted by molar-refractivity contribution is 14.0. The Labute approximate surface area is 185 Å². The highest BCUT2D eigenvalue weighted by Crippen LogP contribution is 2.29. The smallest absolute Gasteiger partial charge is 0.191 e. The van der Waals surface area contributed by atoms with Gasteiger partial charge in [0.25, 0.3) is 0 Å². The van der Waals surface area contributed by atoms with Crippen molar-refractivity contribution in [1.29, 1.82) is 0 Å². The van der Waals surface area contributed by atoms with Gasteiger partial charge in [-0.15, -0.1) is 24.0 Å². The number of halogens is 1. The van der Waals surface area contributed by atoms with Crippen molar-refractivity contribution in [3.63, 3.8) is 0 Å². The lowest BCUT2D eigenvalue weighted by molar-refractivity contribution is 0.197. The van der Waals surface area contributed by atoms with E-state index in [-0.39, 0.29) is 24.0 Å². The van der Waals surface area contributed by atoms with Crippen LogP contribution in [-0.4, -0.2) is 42.6 Å². The first-order valence-corrected chi connectivity index (χ1v) is 10.2. The van der Waals surface area contributed by atoms with Crippen molar-refractivity contribution in [2.24, 2.45) is 4.99 Å². The van der Waals surface area contributed by atoms with E-state index in [1.165, 1.54) is 44.3 Å². The van der Waals surface area contributed by atoms with Crippen LogP contribution in [0.5, 0.6) is 0 Å². The highest BCUT2D eigenvalue weighted by atomic mass is 127. The fraction of sp³-hybridized carbons (Fsp3) is 0.500. The summed E-state index contributed by atoms with van der Waals surface area (Å²) in [6.45, 7) is 3.92. The molecule has 1 aromatic carbocycles. The number of piperidine rings is 1. The topological polar surface area (TPSA) is 52.8 Å². The van der Waals surface area contributed by atoms with Crippen molar-refractivity contribution < 1.29 is 4.42 Å². The largest absolute Gasteiger partial charge is 0.469 e. The number of aliphatic imine (C=N–C) groups is 1. The zero-order chi connectivity index (χ0) is 18.3. The third-order valence-electron chi connectivity index (χ3n) is 5.44. The third-order valence-corrected chi connectivity index (χ3v) is 5.44. The van der Waals surface area contributed by atoms with E-state index in [1.54, 1.807) is 6.26 Å². The van der Waals surface area contributed by atoms with Gasteiger partial charge in [0.15, 0.2) is 5.96 Å². The normalized spacial score (nSPS) is 18.5. The molecule has 4 rings (SSSR count). The second kappa shape index (κ2) is 10.9. The van der Waals surface area contributed by atoms with Crippen molar-refractivity contribution in [2.45, 2.75) is 50.7 Å². The van der Waals surface area contributed by atoms with Crippen LogP contribution in [0.1, 0.15) is 37.0 Å². The van der Waals surface area contributed by atoms with E-state index in [9.17, 15) is 0 Å². The molecule has 0 unspecified atom stereocenters. The van der Waals surface area contributed by atoms with Gasteiger partial charge < -0.3 is 20.0 Å². The molecule has 2 aromatic rings. The van der Waals surface area contributed by atoms with E-state index >= 15 is 0 Å². The third kappa shape index (κ3) is 6.51. The minimum atomic E-state index is 0. The predicted molar refractivity (Wildman–Crippen MR) is 124 cm³/mol. The Hall–Kier alpha value is -1.54. The molecule has 0 radical (unpaired) electrons. The zero-order valence-corrected chi connectivity index (χ0v) is 18.7. The van der Waals surface area contributed by atoms with Crippen LogP contribution >= 0.6 is 24.0 Å². The van der Waals surface area contributed by atoms with Crippen molar-refractivity contribution in [3.05, 3.63) is 60.1 Å². The first-order valence-electron chi connectivity index (χ1n) is 10.2. The van der Waals surface area contributed by atoms with E-state index in [0.717, 1.165) is 30.7 Å². The van der Waals surface area contributed by atoms with Crippen LogP contribution in [0.2, 0.25) is 0 Å². The minimum Gasteiger partial charge on any atom is -0.469 e. The molecular formula is C22H31IN4O. The van der Waals surface area contributed by atoms with Crippen LogP contribution in [0.15, 0.2) is 58.1 Å². The molecule has 2 fully saturated rings. The van der Waals surface area contributed by atoms with Gasteiger partial charge in [0.05, 0.1) is 12.8 Å². The van der Waals surface area contributed by atoms with Crippen LogP contribution in [0.4, 0.5) is 0 Å². The second-order valence-electron chi connectivity index (χ2n) is 7.59. The maximum atomic E-state index is 5.43. The van der Waals surface area contributed by atoms with Crippen LogP contribution in [0.3, 0.4) is 0 Å². The summed E-state index contributed by atoms with van der Waals surface area (Å²) in [6, 6.07) is 15.8. The van der Waals surface area contributed by atoms with Gasteiger partial charge in [-0.25, -0.2) is 4.99 Å². The van der Waals surface area contributed by atoms with E-state index in [4.69, 9.17) is 9.41 Å². The van der Waals surface area contributed by atoms with Gasteiger partial charge in [0.1, 0.15) is 5.76 Å². The molecule has 0 atom stereocenters. The number of likely N-dealkylation sites (tertiary alicyclic amines) is 1. The van der Waals surface area contributed by atoms with Crippen LogP contribution in [0, 0.1) is 0 Å². The molecule has 6 heteroatoms. The fourth-order valence-electron chi connectivity index (χ4n) is 3.71. The first-order chi connectivity index (χ1) is 13.4. The van der Waals surface area contributed by atoms with Crippen LogP contribution in [0.25, 0.3) is 0 Å². The van der Waals surface area contributed by atoms with Crippen molar-refractivity contribution in [1.82, 2.24) is 15.5 Å². The number of hydrogen-bond acceptors (Lipinski definition) is 3. The maximum Gasteiger partial charge on any atom is 0.191 e. The lowest BCUT2D eigenvalue weighted by atomic mass is 10.1. The monoisotopic (exact) mass is 494 g/mol. The van der Waals surface area contributed by atoms with Gasteiger partial charge in [0, 0.05) is 38.1 Å². The number of rotatable bonds is 7. The van der Waals surface area contributed by atoms with Gasteiger partial charge in [-0.3, -0.25) is 0 Å².